The first-order valence-corrected chi connectivity index (χ1v) is 6.12. The fourth-order valence-corrected chi connectivity index (χ4v) is 2.08. The van der Waals surface area contributed by atoms with E-state index in [0.717, 1.165) is 18.5 Å². The van der Waals surface area contributed by atoms with Crippen LogP contribution in [0, 0.1) is 10.1 Å². The van der Waals surface area contributed by atoms with E-state index in [9.17, 15) is 14.9 Å². The summed E-state index contributed by atoms with van der Waals surface area (Å²) in [4.78, 5) is 25.5. The summed E-state index contributed by atoms with van der Waals surface area (Å²) in [6.07, 6.45) is 5.68. The minimum absolute atomic E-state index is 0.325. The number of nitro benzene ring substituents is 1. The van der Waals surface area contributed by atoms with Gasteiger partial charge >= 0.3 is 5.97 Å². The third-order valence-corrected chi connectivity index (χ3v) is 3.30. The van der Waals surface area contributed by atoms with Crippen LogP contribution in [0.2, 0.25) is 0 Å². The lowest BCUT2D eigenvalue weighted by Crippen LogP contribution is -2.04. The zero-order chi connectivity index (χ0) is 14.3. The molecule has 1 aromatic heterocycles. The molecule has 0 aliphatic heterocycles. The molecule has 20 heavy (non-hydrogen) atoms. The van der Waals surface area contributed by atoms with Crippen LogP contribution in [0.1, 0.15) is 34.8 Å². The number of carboxylic acid groups (broad SMARTS) is 1. The molecular formula is C13H11N3O4. The molecule has 1 fully saturated rings. The van der Waals surface area contributed by atoms with E-state index < -0.39 is 16.6 Å². The van der Waals surface area contributed by atoms with Gasteiger partial charge in [-0.05, 0) is 25.0 Å². The number of carbonyl (C=O) groups is 1. The fraction of sp³-hybridized carbons (Fsp3) is 0.231. The summed E-state index contributed by atoms with van der Waals surface area (Å²) in [7, 11) is 0. The lowest BCUT2D eigenvalue weighted by atomic mass is 10.1. The number of nitrogens with zero attached hydrogens (tertiary/aromatic N) is 3. The first-order chi connectivity index (χ1) is 9.56. The largest absolute Gasteiger partial charge is 0.477 e. The molecule has 0 amide bonds. The molecule has 0 unspecified atom stereocenters. The second-order valence-corrected chi connectivity index (χ2v) is 4.74. The average Bonchev–Trinajstić information content (AvgIpc) is 3.15. The molecule has 1 aliphatic rings. The Morgan fingerprint density at radius 3 is 2.80 bits per heavy atom. The third kappa shape index (κ3) is 2.13. The van der Waals surface area contributed by atoms with Gasteiger partial charge in [-0.15, -0.1) is 0 Å². The predicted molar refractivity (Wildman–Crippen MR) is 69.2 cm³/mol. The van der Waals surface area contributed by atoms with Crippen molar-refractivity contribution in [3.05, 3.63) is 52.1 Å². The Hall–Kier alpha value is -2.70. The smallest absolute Gasteiger partial charge is 0.342 e. The summed E-state index contributed by atoms with van der Waals surface area (Å²) in [6, 6.07) is 4.01. The molecule has 102 valence electrons. The lowest BCUT2D eigenvalue weighted by Gasteiger charge is -2.04. The number of hydrogen-bond acceptors (Lipinski definition) is 4. The highest BCUT2D eigenvalue weighted by molar-refractivity contribution is 5.93. The maximum absolute atomic E-state index is 11.1. The molecule has 0 bridgehead atoms. The van der Waals surface area contributed by atoms with Gasteiger partial charge in [0.1, 0.15) is 5.56 Å². The van der Waals surface area contributed by atoms with Crippen LogP contribution < -0.4 is 0 Å². The standard InChI is InChI=1S/C13H11N3O4/c17-13(18)10-5-9(3-4-12(10)16(19)20)15-6-11(14-7-15)8-1-2-8/h3-8H,1-2H2,(H,17,18). The van der Waals surface area contributed by atoms with Gasteiger partial charge in [0.05, 0.1) is 16.9 Å². The third-order valence-electron chi connectivity index (χ3n) is 3.30. The van der Waals surface area contributed by atoms with Gasteiger partial charge < -0.3 is 9.67 Å². The van der Waals surface area contributed by atoms with Gasteiger partial charge in [0.25, 0.3) is 5.69 Å². The quantitative estimate of drug-likeness (QED) is 0.681. The number of aromatic carboxylic acids is 1. The molecule has 1 aromatic carbocycles. The molecule has 0 atom stereocenters. The van der Waals surface area contributed by atoms with Crippen molar-refractivity contribution in [2.24, 2.45) is 0 Å². The van der Waals surface area contributed by atoms with Crippen LogP contribution in [0.4, 0.5) is 5.69 Å². The van der Waals surface area contributed by atoms with Gasteiger partial charge in [-0.2, -0.15) is 0 Å². The summed E-state index contributed by atoms with van der Waals surface area (Å²) >= 11 is 0. The Morgan fingerprint density at radius 1 is 1.45 bits per heavy atom. The van der Waals surface area contributed by atoms with E-state index in [4.69, 9.17) is 5.11 Å². The highest BCUT2D eigenvalue weighted by Crippen LogP contribution is 2.39. The summed E-state index contributed by atoms with van der Waals surface area (Å²) in [5.41, 5.74) is 0.783. The van der Waals surface area contributed by atoms with Crippen molar-refractivity contribution in [3.8, 4) is 5.69 Å². The van der Waals surface area contributed by atoms with E-state index in [1.165, 1.54) is 18.2 Å². The van der Waals surface area contributed by atoms with Crippen LogP contribution in [0.3, 0.4) is 0 Å². The van der Waals surface area contributed by atoms with Crippen LogP contribution in [0.5, 0.6) is 0 Å². The van der Waals surface area contributed by atoms with Gasteiger partial charge in [0.2, 0.25) is 0 Å². The molecule has 1 heterocycles. The van der Waals surface area contributed by atoms with Crippen LogP contribution in [-0.2, 0) is 0 Å². The minimum atomic E-state index is -1.32. The molecule has 0 radical (unpaired) electrons. The van der Waals surface area contributed by atoms with Crippen LogP contribution in [0.25, 0.3) is 5.69 Å². The molecule has 0 spiro atoms. The Balaban J connectivity index is 2.02. The highest BCUT2D eigenvalue weighted by atomic mass is 16.6. The van der Waals surface area contributed by atoms with Gasteiger partial charge in [-0.1, -0.05) is 0 Å². The molecule has 2 aromatic rings. The monoisotopic (exact) mass is 273 g/mol. The van der Waals surface area contributed by atoms with E-state index >= 15 is 0 Å². The summed E-state index contributed by atoms with van der Waals surface area (Å²) < 4.78 is 1.68. The Labute approximate surface area is 113 Å². The Kier molecular flexibility index (Phi) is 2.74. The summed E-state index contributed by atoms with van der Waals surface area (Å²) in [5, 5.41) is 19.9. The Bertz CT molecular complexity index is 703. The molecule has 3 rings (SSSR count). The maximum atomic E-state index is 11.1. The minimum Gasteiger partial charge on any atom is -0.477 e. The van der Waals surface area contributed by atoms with Crippen LogP contribution >= 0.6 is 0 Å². The van der Waals surface area contributed by atoms with Crippen molar-refractivity contribution >= 4 is 11.7 Å². The number of benzene rings is 1. The van der Waals surface area contributed by atoms with Gasteiger partial charge in [0.15, 0.2) is 0 Å². The van der Waals surface area contributed by atoms with Crippen molar-refractivity contribution in [3.63, 3.8) is 0 Å². The maximum Gasteiger partial charge on any atom is 0.342 e. The number of carboxylic acids is 1. The van der Waals surface area contributed by atoms with Crippen molar-refractivity contribution in [2.75, 3.05) is 0 Å². The van der Waals surface area contributed by atoms with E-state index in [2.05, 4.69) is 4.98 Å². The van der Waals surface area contributed by atoms with Crippen LogP contribution in [-0.4, -0.2) is 25.6 Å². The number of hydrogen-bond donors (Lipinski definition) is 1. The Morgan fingerprint density at radius 2 is 2.20 bits per heavy atom. The zero-order valence-electron chi connectivity index (χ0n) is 10.4. The molecular weight excluding hydrogens is 262 g/mol. The molecule has 0 saturated heterocycles. The fourth-order valence-electron chi connectivity index (χ4n) is 2.08. The van der Waals surface area contributed by atoms with Crippen molar-refractivity contribution in [1.29, 1.82) is 0 Å². The molecule has 1 N–H and O–H groups in total. The van der Waals surface area contributed by atoms with Crippen molar-refractivity contribution in [1.82, 2.24) is 9.55 Å². The topological polar surface area (TPSA) is 98.3 Å². The average molecular weight is 273 g/mol. The molecule has 7 heteroatoms. The molecule has 7 nitrogen and oxygen atoms in total. The zero-order valence-corrected chi connectivity index (χ0v) is 10.4. The number of imidazole rings is 1. The number of nitro groups is 1. The lowest BCUT2D eigenvalue weighted by molar-refractivity contribution is -0.385. The summed E-state index contributed by atoms with van der Waals surface area (Å²) in [5.74, 6) is -0.825. The van der Waals surface area contributed by atoms with Crippen molar-refractivity contribution in [2.45, 2.75) is 18.8 Å². The number of aromatic nitrogens is 2. The van der Waals surface area contributed by atoms with Gasteiger partial charge in [0, 0.05) is 23.9 Å². The predicted octanol–water partition coefficient (Wildman–Crippen LogP) is 2.36. The highest BCUT2D eigenvalue weighted by Gasteiger charge is 2.26. The SMILES string of the molecule is O=C(O)c1cc(-n2cnc(C3CC3)c2)ccc1[N+](=O)[O-]. The normalized spacial score (nSPS) is 14.2. The van der Waals surface area contributed by atoms with Crippen molar-refractivity contribution < 1.29 is 14.8 Å². The second kappa shape index (κ2) is 4.44. The molecule has 1 aliphatic carbocycles. The van der Waals surface area contributed by atoms with Gasteiger partial charge in [-0.25, -0.2) is 9.78 Å². The van der Waals surface area contributed by atoms with Gasteiger partial charge in [-0.3, -0.25) is 10.1 Å². The number of rotatable bonds is 4. The molecule has 1 saturated carbocycles. The van der Waals surface area contributed by atoms with E-state index in [1.807, 2.05) is 6.20 Å². The van der Waals surface area contributed by atoms with E-state index in [0.29, 0.717) is 11.6 Å². The first kappa shape index (κ1) is 12.3. The van der Waals surface area contributed by atoms with E-state index in [1.54, 1.807) is 10.9 Å². The summed E-state index contributed by atoms with van der Waals surface area (Å²) in [6.45, 7) is 0. The second-order valence-electron chi connectivity index (χ2n) is 4.74. The van der Waals surface area contributed by atoms with Crippen LogP contribution in [0.15, 0.2) is 30.7 Å². The first-order valence-electron chi connectivity index (χ1n) is 6.12. The van der Waals surface area contributed by atoms with E-state index in [-0.39, 0.29) is 5.56 Å².